The second-order valence-corrected chi connectivity index (χ2v) is 16.0. The van der Waals surface area contributed by atoms with Gasteiger partial charge in [0, 0.05) is 43.8 Å². The molecule has 2 unspecified atom stereocenters. The lowest BCUT2D eigenvalue weighted by Gasteiger charge is -2.37. The molecule has 0 aromatic heterocycles. The number of hydrogen-bond donors (Lipinski definition) is 1. The second kappa shape index (κ2) is 22.6. The van der Waals surface area contributed by atoms with Crippen LogP contribution in [0.5, 0.6) is 23.0 Å². The third kappa shape index (κ3) is 12.2. The largest absolute Gasteiger partial charge is 0.493 e. The number of β-amino-alcohol motifs (C(OH)–C–C–N with tert-alkyl or cyclic N) is 1. The standard InChI is InChI=1S/C27H35NO5.C20H31NO4/c1-30-26-13-12-21(16-27(26)31-2)24(29)19-33-25-11-7-6-10-23(25)28-15-14-22(17-28)32-18-20-8-4-3-5-9-20;1-23-19-8-7-15(13-20(19)24-2)10-12-25-18-6-4-3-5-17(18)21-11-9-16(22)14-21/h3-5,8-9,12-13,16,22-23,25H,6-7,10-11,14-15,17-19H2,1-2H3;7-8,13,16-18,22H,3-6,9-12,14H2,1-2H3/t22-,23?,25-;16-,17?,18-/m11/s1. The highest BCUT2D eigenvalue weighted by molar-refractivity contribution is 5.97. The summed E-state index contributed by atoms with van der Waals surface area (Å²) in [5, 5.41) is 9.83. The fraction of sp³-hybridized carbons (Fsp3) is 0.596. The Bertz CT molecular complexity index is 1690. The van der Waals surface area contributed by atoms with Crippen molar-refractivity contribution in [1.29, 1.82) is 0 Å². The molecule has 6 atom stereocenters. The molecule has 4 aliphatic rings. The molecule has 0 amide bonds. The van der Waals surface area contributed by atoms with E-state index in [0.717, 1.165) is 82.6 Å². The number of likely N-dealkylation sites (tertiary alicyclic amines) is 2. The first-order valence-corrected chi connectivity index (χ1v) is 21.4. The van der Waals surface area contributed by atoms with Gasteiger partial charge in [-0.2, -0.15) is 0 Å². The lowest BCUT2D eigenvalue weighted by molar-refractivity contribution is -0.0316. The first-order valence-electron chi connectivity index (χ1n) is 21.4. The summed E-state index contributed by atoms with van der Waals surface area (Å²) >= 11 is 0. The molecule has 2 aliphatic heterocycles. The van der Waals surface area contributed by atoms with E-state index in [2.05, 4.69) is 28.0 Å². The zero-order chi connectivity index (χ0) is 40.7. The molecule has 58 heavy (non-hydrogen) atoms. The number of rotatable bonds is 17. The predicted molar refractivity (Wildman–Crippen MR) is 225 cm³/mol. The molecular weight excluding hydrogens is 737 g/mol. The van der Waals surface area contributed by atoms with Gasteiger partial charge in [0.25, 0.3) is 0 Å². The van der Waals surface area contributed by atoms with Crippen LogP contribution in [0.25, 0.3) is 0 Å². The Balaban J connectivity index is 0.000000203. The van der Waals surface area contributed by atoms with Crippen molar-refractivity contribution < 1.29 is 43.1 Å². The van der Waals surface area contributed by atoms with Crippen molar-refractivity contribution in [3.05, 3.63) is 83.4 Å². The van der Waals surface area contributed by atoms with E-state index in [0.29, 0.717) is 48.5 Å². The van der Waals surface area contributed by atoms with Gasteiger partial charge in [-0.05, 0) is 86.4 Å². The minimum atomic E-state index is -0.158. The van der Waals surface area contributed by atoms with Gasteiger partial charge in [0.05, 0.1) is 66.1 Å². The van der Waals surface area contributed by atoms with Crippen LogP contribution in [0.4, 0.5) is 0 Å². The van der Waals surface area contributed by atoms with Gasteiger partial charge in [-0.15, -0.1) is 0 Å². The molecule has 0 bridgehead atoms. The maximum atomic E-state index is 12.8. The third-order valence-corrected chi connectivity index (χ3v) is 12.3. The summed E-state index contributed by atoms with van der Waals surface area (Å²) in [6.45, 7) is 5.21. The van der Waals surface area contributed by atoms with Crippen LogP contribution >= 0.6 is 0 Å². The molecule has 2 heterocycles. The number of ketones is 1. The number of hydrogen-bond acceptors (Lipinski definition) is 11. The molecule has 0 spiro atoms. The van der Waals surface area contributed by atoms with Gasteiger partial charge in [0.15, 0.2) is 28.8 Å². The van der Waals surface area contributed by atoms with Crippen molar-refractivity contribution in [2.24, 2.45) is 0 Å². The maximum Gasteiger partial charge on any atom is 0.188 e. The Morgan fingerprint density at radius 2 is 1.22 bits per heavy atom. The van der Waals surface area contributed by atoms with E-state index in [4.69, 9.17) is 33.2 Å². The van der Waals surface area contributed by atoms with Gasteiger partial charge in [-0.1, -0.05) is 62.1 Å². The van der Waals surface area contributed by atoms with E-state index in [-0.39, 0.29) is 30.7 Å². The van der Waals surface area contributed by atoms with Gasteiger partial charge >= 0.3 is 0 Å². The Morgan fingerprint density at radius 1 is 0.621 bits per heavy atom. The number of ether oxygens (including phenoxy) is 7. The van der Waals surface area contributed by atoms with Crippen LogP contribution in [-0.4, -0.2) is 125 Å². The average molecular weight is 803 g/mol. The maximum absolute atomic E-state index is 12.8. The van der Waals surface area contributed by atoms with Crippen LogP contribution < -0.4 is 18.9 Å². The molecular formula is C47H66N2O9. The summed E-state index contributed by atoms with van der Waals surface area (Å²) in [7, 11) is 6.47. The van der Waals surface area contributed by atoms with Crippen molar-refractivity contribution in [3.63, 3.8) is 0 Å². The normalized spacial score (nSPS) is 25.1. The summed E-state index contributed by atoms with van der Waals surface area (Å²) in [5.74, 6) is 2.65. The lowest BCUT2D eigenvalue weighted by Crippen LogP contribution is -2.46. The number of Topliss-reactive ketones (excluding diaryl/α,β-unsaturated/α-hetero) is 1. The Morgan fingerprint density at radius 3 is 1.88 bits per heavy atom. The van der Waals surface area contributed by atoms with Crippen LogP contribution in [0.3, 0.4) is 0 Å². The van der Waals surface area contributed by atoms with Crippen LogP contribution in [0.1, 0.15) is 85.7 Å². The van der Waals surface area contributed by atoms with Crippen LogP contribution in [0.2, 0.25) is 0 Å². The fourth-order valence-electron chi connectivity index (χ4n) is 9.07. The van der Waals surface area contributed by atoms with Gasteiger partial charge in [0.2, 0.25) is 0 Å². The number of carbonyl (C=O) groups excluding carboxylic acids is 1. The molecule has 1 N–H and O–H groups in total. The fourth-order valence-corrected chi connectivity index (χ4v) is 9.07. The zero-order valence-electron chi connectivity index (χ0n) is 35.2. The van der Waals surface area contributed by atoms with E-state index in [1.807, 2.05) is 30.3 Å². The lowest BCUT2D eigenvalue weighted by atomic mass is 9.91. The molecule has 7 rings (SSSR count). The number of nitrogens with zero attached hydrogens (tertiary/aromatic N) is 2. The average Bonchev–Trinajstić information content (AvgIpc) is 3.94. The van der Waals surface area contributed by atoms with Gasteiger partial charge in [0.1, 0.15) is 6.61 Å². The summed E-state index contributed by atoms with van der Waals surface area (Å²) in [6, 6.07) is 22.4. The number of benzene rings is 3. The minimum Gasteiger partial charge on any atom is -0.493 e. The van der Waals surface area contributed by atoms with Gasteiger partial charge in [-0.25, -0.2) is 0 Å². The van der Waals surface area contributed by atoms with E-state index >= 15 is 0 Å². The molecule has 3 aromatic carbocycles. The minimum absolute atomic E-state index is 0.0363. The summed E-state index contributed by atoms with van der Waals surface area (Å²) < 4.78 is 39.9. The zero-order valence-corrected chi connectivity index (χ0v) is 35.2. The molecule has 0 radical (unpaired) electrons. The topological polar surface area (TPSA) is 108 Å². The van der Waals surface area contributed by atoms with E-state index < -0.39 is 0 Å². The Hall–Kier alpha value is -3.71. The molecule has 2 saturated heterocycles. The molecule has 2 aliphatic carbocycles. The first kappa shape index (κ1) is 43.9. The smallest absolute Gasteiger partial charge is 0.188 e. The number of methoxy groups -OCH3 is 4. The summed E-state index contributed by atoms with van der Waals surface area (Å²) in [5.41, 5.74) is 2.99. The van der Waals surface area contributed by atoms with Crippen LogP contribution in [0, 0.1) is 0 Å². The SMILES string of the molecule is COc1ccc(C(=O)CO[C@@H]2CCCCC2N2CC[C@@H](OCc3ccccc3)C2)cc1OC.COc1ccc(CCO[C@@H]2CCCCC2N2CC[C@@H](O)C2)cc1OC. The van der Waals surface area contributed by atoms with E-state index in [1.165, 1.54) is 36.8 Å². The van der Waals surface area contributed by atoms with Crippen LogP contribution in [0.15, 0.2) is 66.7 Å². The molecule has 3 aromatic rings. The van der Waals surface area contributed by atoms with Crippen molar-refractivity contribution in [2.45, 2.75) is 114 Å². The quantitative estimate of drug-likeness (QED) is 0.141. The molecule has 4 fully saturated rings. The van der Waals surface area contributed by atoms with Crippen molar-refractivity contribution >= 4 is 5.78 Å². The van der Waals surface area contributed by atoms with Gasteiger partial charge in [-0.3, -0.25) is 14.6 Å². The number of carbonyl (C=O) groups is 1. The van der Waals surface area contributed by atoms with Crippen molar-refractivity contribution in [1.82, 2.24) is 9.80 Å². The van der Waals surface area contributed by atoms with Crippen molar-refractivity contribution in [2.75, 3.05) is 67.8 Å². The Labute approximate surface area is 345 Å². The van der Waals surface area contributed by atoms with Crippen molar-refractivity contribution in [3.8, 4) is 23.0 Å². The first-order chi connectivity index (χ1) is 28.4. The highest BCUT2D eigenvalue weighted by Crippen LogP contribution is 2.32. The molecule has 11 heteroatoms. The van der Waals surface area contributed by atoms with E-state index in [9.17, 15) is 9.90 Å². The number of aliphatic hydroxyl groups is 1. The second-order valence-electron chi connectivity index (χ2n) is 16.0. The van der Waals surface area contributed by atoms with E-state index in [1.54, 1.807) is 46.6 Å². The predicted octanol–water partition coefficient (Wildman–Crippen LogP) is 7.15. The highest BCUT2D eigenvalue weighted by atomic mass is 16.5. The monoisotopic (exact) mass is 802 g/mol. The summed E-state index contributed by atoms with van der Waals surface area (Å²) in [6.07, 6.45) is 12.6. The molecule has 11 nitrogen and oxygen atoms in total. The highest BCUT2D eigenvalue weighted by Gasteiger charge is 2.36. The Kier molecular flexibility index (Phi) is 17.1. The molecule has 2 saturated carbocycles. The summed E-state index contributed by atoms with van der Waals surface area (Å²) in [4.78, 5) is 17.7. The molecule has 318 valence electrons. The van der Waals surface area contributed by atoms with Gasteiger partial charge < -0.3 is 38.3 Å². The number of aliphatic hydroxyl groups excluding tert-OH is 1. The third-order valence-electron chi connectivity index (χ3n) is 12.3. The van der Waals surface area contributed by atoms with Crippen LogP contribution in [-0.2, 0) is 27.2 Å².